The molecule has 1 aliphatic carbocycles. The minimum Gasteiger partial charge on any atom is -0.355 e. The van der Waals surface area contributed by atoms with Crippen LogP contribution in [-0.2, 0) is 15.0 Å². The molecule has 0 bridgehead atoms. The number of rotatable bonds is 6. The fourth-order valence-corrected chi connectivity index (χ4v) is 3.48. The van der Waals surface area contributed by atoms with Gasteiger partial charge in [-0.05, 0) is 55.2 Å². The average Bonchev–Trinajstić information content (AvgIpc) is 2.55. The molecule has 0 atom stereocenters. The molecule has 0 saturated heterocycles. The van der Waals surface area contributed by atoms with Crippen LogP contribution in [-0.4, -0.2) is 18.4 Å². The molecule has 2 amide bonds. The Labute approximate surface area is 158 Å². The highest BCUT2D eigenvalue weighted by Crippen LogP contribution is 2.44. The van der Waals surface area contributed by atoms with Crippen LogP contribution in [0.3, 0.4) is 0 Å². The van der Waals surface area contributed by atoms with E-state index in [1.807, 2.05) is 55.5 Å². The molecule has 1 saturated carbocycles. The Balaban J connectivity index is 1.53. The zero-order valence-electron chi connectivity index (χ0n) is 14.8. The summed E-state index contributed by atoms with van der Waals surface area (Å²) in [4.78, 5) is 24.8. The van der Waals surface area contributed by atoms with Crippen molar-refractivity contribution in [3.8, 4) is 0 Å². The molecule has 1 aliphatic rings. The highest BCUT2D eigenvalue weighted by Gasteiger charge is 2.45. The second-order valence-electron chi connectivity index (χ2n) is 6.87. The lowest BCUT2D eigenvalue weighted by Gasteiger charge is -2.40. The average molecular weight is 371 g/mol. The van der Waals surface area contributed by atoms with Crippen LogP contribution >= 0.6 is 11.6 Å². The molecule has 2 aromatic rings. The first kappa shape index (κ1) is 18.5. The molecule has 2 N–H and O–H groups in total. The number of aryl methyl sites for hydroxylation is 1. The lowest BCUT2D eigenvalue weighted by molar-refractivity contribution is -0.130. The van der Waals surface area contributed by atoms with Gasteiger partial charge in [-0.1, -0.05) is 42.3 Å². The summed E-state index contributed by atoms with van der Waals surface area (Å²) in [5.41, 5.74) is 2.39. The number of carbonyl (C=O) groups excluding carboxylic acids is 2. The first-order valence-electron chi connectivity index (χ1n) is 8.90. The molecule has 3 rings (SSSR count). The van der Waals surface area contributed by atoms with Gasteiger partial charge in [0.15, 0.2) is 0 Å². The molecule has 4 nitrogen and oxygen atoms in total. The van der Waals surface area contributed by atoms with Crippen LogP contribution in [0.1, 0.15) is 36.8 Å². The summed E-state index contributed by atoms with van der Waals surface area (Å²) in [6.45, 7) is 2.30. The number of hydrogen-bond acceptors (Lipinski definition) is 2. The van der Waals surface area contributed by atoms with Gasteiger partial charge in [-0.2, -0.15) is 0 Å². The van der Waals surface area contributed by atoms with E-state index in [0.29, 0.717) is 11.6 Å². The molecule has 0 unspecified atom stereocenters. The van der Waals surface area contributed by atoms with Gasteiger partial charge in [-0.25, -0.2) is 0 Å². The van der Waals surface area contributed by atoms with Crippen LogP contribution in [0.25, 0.3) is 0 Å². The van der Waals surface area contributed by atoms with Crippen molar-refractivity contribution in [3.05, 3.63) is 64.7 Å². The molecule has 1 fully saturated rings. The highest BCUT2D eigenvalue weighted by molar-refractivity contribution is 6.30. The Bertz CT molecular complexity index is 798. The van der Waals surface area contributed by atoms with Crippen LogP contribution in [0.4, 0.5) is 5.69 Å². The third kappa shape index (κ3) is 4.07. The maximum absolute atomic E-state index is 12.7. The number of hydrogen-bond donors (Lipinski definition) is 2. The van der Waals surface area contributed by atoms with Crippen molar-refractivity contribution in [1.29, 1.82) is 0 Å². The zero-order chi connectivity index (χ0) is 18.6. The van der Waals surface area contributed by atoms with Gasteiger partial charge in [0.2, 0.25) is 11.8 Å². The Kier molecular flexibility index (Phi) is 5.62. The van der Waals surface area contributed by atoms with E-state index in [1.165, 1.54) is 0 Å². The molecule has 0 radical (unpaired) electrons. The van der Waals surface area contributed by atoms with E-state index in [2.05, 4.69) is 10.6 Å². The first-order chi connectivity index (χ1) is 12.5. The molecule has 0 heterocycles. The maximum atomic E-state index is 12.7. The zero-order valence-corrected chi connectivity index (χ0v) is 15.6. The van der Waals surface area contributed by atoms with E-state index in [0.717, 1.165) is 36.1 Å². The van der Waals surface area contributed by atoms with Crippen molar-refractivity contribution in [2.45, 2.75) is 38.0 Å². The molecule has 5 heteroatoms. The Hall–Kier alpha value is -2.33. The predicted octanol–water partition coefficient (Wildman–Crippen LogP) is 4.22. The van der Waals surface area contributed by atoms with Crippen LogP contribution < -0.4 is 10.6 Å². The van der Waals surface area contributed by atoms with E-state index in [4.69, 9.17) is 11.6 Å². The largest absolute Gasteiger partial charge is 0.355 e. The van der Waals surface area contributed by atoms with Gasteiger partial charge in [0.1, 0.15) is 0 Å². The Morgan fingerprint density at radius 3 is 2.46 bits per heavy atom. The van der Waals surface area contributed by atoms with Crippen molar-refractivity contribution < 1.29 is 9.59 Å². The molecule has 0 spiro atoms. The SMILES string of the molecule is Cc1cccc(NC(=O)CCNC(=O)C2(c3ccc(Cl)cc3)CCC2)c1. The summed E-state index contributed by atoms with van der Waals surface area (Å²) in [6.07, 6.45) is 2.94. The third-order valence-electron chi connectivity index (χ3n) is 4.98. The number of nitrogens with one attached hydrogen (secondary N) is 2. The van der Waals surface area contributed by atoms with Gasteiger partial charge in [0.05, 0.1) is 5.41 Å². The first-order valence-corrected chi connectivity index (χ1v) is 9.28. The van der Waals surface area contributed by atoms with E-state index in [1.54, 1.807) is 0 Å². The van der Waals surface area contributed by atoms with Crippen LogP contribution in [0.2, 0.25) is 5.02 Å². The summed E-state index contributed by atoms with van der Waals surface area (Å²) >= 11 is 5.95. The van der Waals surface area contributed by atoms with E-state index < -0.39 is 5.41 Å². The standard InChI is InChI=1S/C21H23ClN2O2/c1-15-4-2-5-18(14-15)24-19(25)10-13-23-20(26)21(11-3-12-21)16-6-8-17(22)9-7-16/h2,4-9,14H,3,10-13H2,1H3,(H,23,26)(H,24,25). The van der Waals surface area contributed by atoms with Crippen molar-refractivity contribution in [2.75, 3.05) is 11.9 Å². The highest BCUT2D eigenvalue weighted by atomic mass is 35.5. The van der Waals surface area contributed by atoms with Crippen LogP contribution in [0.5, 0.6) is 0 Å². The molecule has 2 aromatic carbocycles. The van der Waals surface area contributed by atoms with Crippen molar-refractivity contribution in [2.24, 2.45) is 0 Å². The van der Waals surface area contributed by atoms with E-state index in [9.17, 15) is 9.59 Å². The minimum absolute atomic E-state index is 0.00516. The third-order valence-corrected chi connectivity index (χ3v) is 5.23. The Morgan fingerprint density at radius 1 is 1.12 bits per heavy atom. The van der Waals surface area contributed by atoms with Crippen molar-refractivity contribution in [3.63, 3.8) is 0 Å². The topological polar surface area (TPSA) is 58.2 Å². The number of amides is 2. The van der Waals surface area contributed by atoms with E-state index in [-0.39, 0.29) is 18.2 Å². The van der Waals surface area contributed by atoms with Crippen molar-refractivity contribution in [1.82, 2.24) is 5.32 Å². The fraction of sp³-hybridized carbons (Fsp3) is 0.333. The van der Waals surface area contributed by atoms with E-state index >= 15 is 0 Å². The Morgan fingerprint density at radius 2 is 1.85 bits per heavy atom. The number of benzene rings is 2. The minimum atomic E-state index is -0.475. The smallest absolute Gasteiger partial charge is 0.230 e. The summed E-state index contributed by atoms with van der Waals surface area (Å²) < 4.78 is 0. The summed E-state index contributed by atoms with van der Waals surface area (Å²) in [6, 6.07) is 15.1. The number of carbonyl (C=O) groups is 2. The monoisotopic (exact) mass is 370 g/mol. The molecular weight excluding hydrogens is 348 g/mol. The van der Waals surface area contributed by atoms with Gasteiger partial charge in [-0.3, -0.25) is 9.59 Å². The predicted molar refractivity (Wildman–Crippen MR) is 104 cm³/mol. The van der Waals surface area contributed by atoms with Gasteiger partial charge in [0, 0.05) is 23.7 Å². The van der Waals surface area contributed by atoms with Crippen molar-refractivity contribution >= 4 is 29.1 Å². The summed E-state index contributed by atoms with van der Waals surface area (Å²) in [5, 5.41) is 6.45. The normalized spacial score (nSPS) is 15.0. The maximum Gasteiger partial charge on any atom is 0.230 e. The van der Waals surface area contributed by atoms with Gasteiger partial charge in [0.25, 0.3) is 0 Å². The number of anilines is 1. The van der Waals surface area contributed by atoms with Crippen LogP contribution in [0.15, 0.2) is 48.5 Å². The quantitative estimate of drug-likeness (QED) is 0.800. The second kappa shape index (κ2) is 7.92. The van der Waals surface area contributed by atoms with Crippen LogP contribution in [0, 0.1) is 6.92 Å². The lowest BCUT2D eigenvalue weighted by Crippen LogP contribution is -2.49. The van der Waals surface area contributed by atoms with Gasteiger partial charge >= 0.3 is 0 Å². The molecular formula is C21H23ClN2O2. The molecule has 0 aromatic heterocycles. The second-order valence-corrected chi connectivity index (χ2v) is 7.30. The molecule has 136 valence electrons. The summed E-state index contributed by atoms with van der Waals surface area (Å²) in [5.74, 6) is -0.112. The molecule has 0 aliphatic heterocycles. The van der Waals surface area contributed by atoms with Gasteiger partial charge in [-0.15, -0.1) is 0 Å². The lowest BCUT2D eigenvalue weighted by atomic mass is 9.64. The summed E-state index contributed by atoms with van der Waals surface area (Å²) in [7, 11) is 0. The van der Waals surface area contributed by atoms with Gasteiger partial charge < -0.3 is 10.6 Å². The number of halogens is 1. The fourth-order valence-electron chi connectivity index (χ4n) is 3.35. The molecule has 26 heavy (non-hydrogen) atoms.